The second-order valence-electron chi connectivity index (χ2n) is 6.05. The van der Waals surface area contributed by atoms with Crippen LogP contribution in [0.1, 0.15) is 23.0 Å². The number of hydrogen-bond donors (Lipinski definition) is 1. The number of amides is 2. The summed E-state index contributed by atoms with van der Waals surface area (Å²) in [4.78, 5) is 36.2. The van der Waals surface area contributed by atoms with Crippen molar-refractivity contribution in [3.05, 3.63) is 47.9 Å². The Morgan fingerprint density at radius 2 is 1.96 bits per heavy atom. The molecule has 1 saturated heterocycles. The molecule has 1 aromatic carbocycles. The summed E-state index contributed by atoms with van der Waals surface area (Å²) in [6, 6.07) is 10.4. The number of rotatable bonds is 4. The van der Waals surface area contributed by atoms with Crippen LogP contribution >= 0.6 is 0 Å². The predicted octanol–water partition coefficient (Wildman–Crippen LogP) is 1.88. The number of aromatic nitrogens is 2. The Bertz CT molecular complexity index is 903. The molecule has 1 fully saturated rings. The zero-order chi connectivity index (χ0) is 19.9. The number of benzene rings is 1. The van der Waals surface area contributed by atoms with Gasteiger partial charge in [-0.1, -0.05) is 12.1 Å². The number of anilines is 2. The Balaban J connectivity index is 1.67. The van der Waals surface area contributed by atoms with Gasteiger partial charge in [-0.25, -0.2) is 14.8 Å². The zero-order valence-corrected chi connectivity index (χ0v) is 15.5. The Hall–Kier alpha value is -3.67. The molecule has 1 aliphatic rings. The van der Waals surface area contributed by atoms with Crippen LogP contribution in [0.4, 0.5) is 16.3 Å². The van der Waals surface area contributed by atoms with Crippen molar-refractivity contribution in [2.75, 3.05) is 43.0 Å². The minimum absolute atomic E-state index is 0.200. The molecule has 2 aromatic rings. The van der Waals surface area contributed by atoms with E-state index in [2.05, 4.69) is 15.3 Å². The number of nitrogens with zero attached hydrogens (tertiary/aromatic N) is 5. The molecule has 2 amide bonds. The lowest BCUT2D eigenvalue weighted by Gasteiger charge is -2.34. The molecule has 0 atom stereocenters. The van der Waals surface area contributed by atoms with E-state index in [-0.39, 0.29) is 11.8 Å². The van der Waals surface area contributed by atoms with Crippen molar-refractivity contribution in [1.29, 1.82) is 5.26 Å². The fourth-order valence-corrected chi connectivity index (χ4v) is 2.85. The van der Waals surface area contributed by atoms with Gasteiger partial charge >= 0.3 is 6.09 Å². The van der Waals surface area contributed by atoms with E-state index in [1.54, 1.807) is 42.2 Å². The van der Waals surface area contributed by atoms with Crippen LogP contribution in [0.15, 0.2) is 36.7 Å². The molecule has 0 radical (unpaired) electrons. The Morgan fingerprint density at radius 3 is 2.68 bits per heavy atom. The molecule has 0 unspecified atom stereocenters. The summed E-state index contributed by atoms with van der Waals surface area (Å²) in [5.74, 6) is 0.189. The lowest BCUT2D eigenvalue weighted by Crippen LogP contribution is -2.49. The van der Waals surface area contributed by atoms with Crippen molar-refractivity contribution < 1.29 is 14.3 Å². The summed E-state index contributed by atoms with van der Waals surface area (Å²) >= 11 is 0. The van der Waals surface area contributed by atoms with Crippen molar-refractivity contribution in [3.63, 3.8) is 0 Å². The van der Waals surface area contributed by atoms with E-state index in [0.717, 1.165) is 0 Å². The third-order valence-electron chi connectivity index (χ3n) is 4.31. The zero-order valence-electron chi connectivity index (χ0n) is 15.5. The summed E-state index contributed by atoms with van der Waals surface area (Å²) in [5, 5.41) is 11.8. The largest absolute Gasteiger partial charge is 0.450 e. The summed E-state index contributed by atoms with van der Waals surface area (Å²) in [6.07, 6.45) is 1.01. The number of para-hydroxylation sites is 1. The average molecular weight is 380 g/mol. The normalized spacial score (nSPS) is 13.6. The highest BCUT2D eigenvalue weighted by Gasteiger charge is 2.23. The SMILES string of the molecule is CCOC(=O)N1CCN(c2cc(C(=O)Nc3ccccc3C#N)ncn2)CC1. The fourth-order valence-electron chi connectivity index (χ4n) is 2.85. The van der Waals surface area contributed by atoms with E-state index >= 15 is 0 Å². The maximum absolute atomic E-state index is 12.5. The van der Waals surface area contributed by atoms with Gasteiger partial charge in [0, 0.05) is 32.2 Å². The van der Waals surface area contributed by atoms with Crippen LogP contribution in [0.5, 0.6) is 0 Å². The van der Waals surface area contributed by atoms with Gasteiger partial charge in [0.2, 0.25) is 0 Å². The van der Waals surface area contributed by atoms with Crippen molar-refractivity contribution in [1.82, 2.24) is 14.9 Å². The Morgan fingerprint density at radius 1 is 1.21 bits per heavy atom. The second-order valence-corrected chi connectivity index (χ2v) is 6.05. The molecule has 9 nitrogen and oxygen atoms in total. The summed E-state index contributed by atoms with van der Waals surface area (Å²) in [5.41, 5.74) is 1.00. The standard InChI is InChI=1S/C19H20N6O3/c1-2-28-19(27)25-9-7-24(8-10-25)17-11-16(21-13-22-17)18(26)23-15-6-4-3-5-14(15)12-20/h3-6,11,13H,2,7-10H2,1H3,(H,23,26). The molecule has 9 heteroatoms. The fraction of sp³-hybridized carbons (Fsp3) is 0.316. The molecule has 0 bridgehead atoms. The van der Waals surface area contributed by atoms with Gasteiger partial charge in [-0.3, -0.25) is 4.79 Å². The molecule has 1 aromatic heterocycles. The highest BCUT2D eigenvalue weighted by molar-refractivity contribution is 6.03. The molecule has 28 heavy (non-hydrogen) atoms. The lowest BCUT2D eigenvalue weighted by atomic mass is 10.2. The van der Waals surface area contributed by atoms with Crippen LogP contribution in [-0.2, 0) is 4.74 Å². The third kappa shape index (κ3) is 4.35. The molecule has 0 spiro atoms. The first kappa shape index (κ1) is 19.1. The highest BCUT2D eigenvalue weighted by atomic mass is 16.6. The van der Waals surface area contributed by atoms with Crippen LogP contribution in [0, 0.1) is 11.3 Å². The van der Waals surface area contributed by atoms with Crippen LogP contribution in [0.2, 0.25) is 0 Å². The first-order valence-corrected chi connectivity index (χ1v) is 8.91. The van der Waals surface area contributed by atoms with Gasteiger partial charge in [0.25, 0.3) is 5.91 Å². The predicted molar refractivity (Wildman–Crippen MR) is 102 cm³/mol. The molecule has 1 N–H and O–H groups in total. The molecule has 2 heterocycles. The van der Waals surface area contributed by atoms with E-state index in [9.17, 15) is 9.59 Å². The number of piperazine rings is 1. The first-order chi connectivity index (χ1) is 13.6. The average Bonchev–Trinajstić information content (AvgIpc) is 2.74. The van der Waals surface area contributed by atoms with Crippen molar-refractivity contribution >= 4 is 23.5 Å². The number of ether oxygens (including phenoxy) is 1. The maximum Gasteiger partial charge on any atom is 0.409 e. The molecular weight excluding hydrogens is 360 g/mol. The van der Waals surface area contributed by atoms with Gasteiger partial charge < -0.3 is 19.9 Å². The van der Waals surface area contributed by atoms with E-state index in [0.29, 0.717) is 49.9 Å². The van der Waals surface area contributed by atoms with E-state index in [4.69, 9.17) is 10.00 Å². The Labute approximate surface area is 162 Å². The van der Waals surface area contributed by atoms with Crippen molar-refractivity contribution in [3.8, 4) is 6.07 Å². The van der Waals surface area contributed by atoms with Crippen LogP contribution < -0.4 is 10.2 Å². The smallest absolute Gasteiger partial charge is 0.409 e. The van der Waals surface area contributed by atoms with Gasteiger partial charge in [-0.05, 0) is 19.1 Å². The van der Waals surface area contributed by atoms with Gasteiger partial charge in [-0.2, -0.15) is 5.26 Å². The summed E-state index contributed by atoms with van der Waals surface area (Å²) < 4.78 is 5.02. The number of carbonyl (C=O) groups is 2. The van der Waals surface area contributed by atoms with Crippen LogP contribution in [0.25, 0.3) is 0 Å². The monoisotopic (exact) mass is 380 g/mol. The van der Waals surface area contributed by atoms with Crippen molar-refractivity contribution in [2.45, 2.75) is 6.92 Å². The third-order valence-corrected chi connectivity index (χ3v) is 4.31. The molecule has 144 valence electrons. The van der Waals surface area contributed by atoms with Crippen LogP contribution in [-0.4, -0.2) is 59.7 Å². The summed E-state index contributed by atoms with van der Waals surface area (Å²) in [7, 11) is 0. The minimum Gasteiger partial charge on any atom is -0.450 e. The maximum atomic E-state index is 12.5. The lowest BCUT2D eigenvalue weighted by molar-refractivity contribution is 0.102. The van der Waals surface area contributed by atoms with E-state index in [1.807, 2.05) is 11.0 Å². The Kier molecular flexibility index (Phi) is 6.01. The topological polar surface area (TPSA) is 111 Å². The number of nitriles is 1. The van der Waals surface area contributed by atoms with E-state index < -0.39 is 5.91 Å². The summed E-state index contributed by atoms with van der Waals surface area (Å²) in [6.45, 7) is 4.30. The molecule has 3 rings (SSSR count). The molecule has 0 saturated carbocycles. The van der Waals surface area contributed by atoms with Gasteiger partial charge in [0.15, 0.2) is 0 Å². The quantitative estimate of drug-likeness (QED) is 0.862. The number of carbonyl (C=O) groups excluding carboxylic acids is 2. The van der Waals surface area contributed by atoms with Crippen LogP contribution in [0.3, 0.4) is 0 Å². The molecule has 0 aliphatic carbocycles. The minimum atomic E-state index is -0.420. The van der Waals surface area contributed by atoms with Gasteiger partial charge in [-0.15, -0.1) is 0 Å². The van der Waals surface area contributed by atoms with Crippen molar-refractivity contribution in [2.24, 2.45) is 0 Å². The van der Waals surface area contributed by atoms with Gasteiger partial charge in [0.1, 0.15) is 23.9 Å². The molecule has 1 aliphatic heterocycles. The molecular formula is C19H20N6O3. The number of nitrogens with one attached hydrogen (secondary N) is 1. The second kappa shape index (κ2) is 8.81. The van der Waals surface area contributed by atoms with E-state index in [1.165, 1.54) is 6.33 Å². The van der Waals surface area contributed by atoms with Gasteiger partial charge in [0.05, 0.1) is 17.9 Å². The first-order valence-electron chi connectivity index (χ1n) is 8.91. The number of hydrogen-bond acceptors (Lipinski definition) is 7. The highest BCUT2D eigenvalue weighted by Crippen LogP contribution is 2.17.